The second kappa shape index (κ2) is 6.70. The molecule has 1 aliphatic rings. The topological polar surface area (TPSA) is 89.7 Å². The molecular formula is C16H23N5O3S. The summed E-state index contributed by atoms with van der Waals surface area (Å²) < 4.78 is 18.8. The number of hydrogen-bond donors (Lipinski definition) is 0. The first kappa shape index (κ1) is 17.8. The van der Waals surface area contributed by atoms with Gasteiger partial charge in [-0.15, -0.1) is 5.10 Å². The van der Waals surface area contributed by atoms with Crippen molar-refractivity contribution in [1.82, 2.24) is 24.5 Å². The normalized spacial score (nSPS) is 17.7. The molecule has 0 aromatic carbocycles. The van der Waals surface area contributed by atoms with E-state index >= 15 is 0 Å². The molecule has 0 spiro atoms. The van der Waals surface area contributed by atoms with Crippen molar-refractivity contribution in [3.05, 3.63) is 18.2 Å². The van der Waals surface area contributed by atoms with Crippen molar-refractivity contribution >= 4 is 22.4 Å². The van der Waals surface area contributed by atoms with E-state index in [1.807, 2.05) is 20.8 Å². The number of nitrogens with zero attached hydrogens (tertiary/aromatic N) is 5. The van der Waals surface area contributed by atoms with Gasteiger partial charge < -0.3 is 9.64 Å². The summed E-state index contributed by atoms with van der Waals surface area (Å²) in [5.74, 6) is 1.02. The van der Waals surface area contributed by atoms with Gasteiger partial charge in [-0.2, -0.15) is 0 Å². The summed E-state index contributed by atoms with van der Waals surface area (Å²) in [7, 11) is -1.24. The molecule has 2 aromatic heterocycles. The highest BCUT2D eigenvalue weighted by molar-refractivity contribution is 7.84. The molecule has 3 rings (SSSR count). The van der Waals surface area contributed by atoms with E-state index < -0.39 is 16.4 Å². The van der Waals surface area contributed by atoms with Gasteiger partial charge in [-0.3, -0.25) is 4.21 Å². The second-order valence-corrected chi connectivity index (χ2v) is 8.46. The van der Waals surface area contributed by atoms with E-state index in [9.17, 15) is 9.00 Å². The van der Waals surface area contributed by atoms with Gasteiger partial charge in [-0.05, 0) is 33.6 Å². The zero-order valence-corrected chi connectivity index (χ0v) is 15.7. The number of rotatable bonds is 2. The highest BCUT2D eigenvalue weighted by atomic mass is 32.2. The van der Waals surface area contributed by atoms with Crippen LogP contribution in [-0.4, -0.2) is 59.7 Å². The van der Waals surface area contributed by atoms with E-state index in [0.29, 0.717) is 13.1 Å². The number of hydrogen-bond acceptors (Lipinski definition) is 6. The number of piperidine rings is 1. The minimum atomic E-state index is -1.24. The van der Waals surface area contributed by atoms with E-state index in [1.54, 1.807) is 28.1 Å². The maximum Gasteiger partial charge on any atom is 0.410 e. The molecule has 0 saturated carbocycles. The number of imidazole rings is 1. The predicted octanol–water partition coefficient (Wildman–Crippen LogP) is 1.98. The average molecular weight is 365 g/mol. The van der Waals surface area contributed by atoms with E-state index in [4.69, 9.17) is 4.74 Å². The molecule has 3 heterocycles. The van der Waals surface area contributed by atoms with Crippen LogP contribution in [0, 0.1) is 0 Å². The molecule has 25 heavy (non-hydrogen) atoms. The third-order valence-corrected chi connectivity index (χ3v) is 4.75. The Morgan fingerprint density at radius 3 is 2.48 bits per heavy atom. The van der Waals surface area contributed by atoms with E-state index in [0.717, 1.165) is 24.2 Å². The van der Waals surface area contributed by atoms with Crippen LogP contribution in [0.3, 0.4) is 0 Å². The van der Waals surface area contributed by atoms with Crippen LogP contribution in [-0.2, 0) is 15.5 Å². The first-order valence-electron chi connectivity index (χ1n) is 8.26. The minimum absolute atomic E-state index is 0.189. The Balaban J connectivity index is 1.73. The molecule has 0 bridgehead atoms. The molecule has 0 N–H and O–H groups in total. The third kappa shape index (κ3) is 3.97. The Bertz CT molecular complexity index is 806. The highest BCUT2D eigenvalue weighted by Crippen LogP contribution is 2.28. The van der Waals surface area contributed by atoms with Crippen molar-refractivity contribution in [3.63, 3.8) is 0 Å². The van der Waals surface area contributed by atoms with Gasteiger partial charge >= 0.3 is 6.09 Å². The molecule has 1 atom stereocenters. The zero-order chi connectivity index (χ0) is 18.2. The lowest BCUT2D eigenvalue weighted by Gasteiger charge is -2.32. The van der Waals surface area contributed by atoms with E-state index in [-0.39, 0.29) is 17.2 Å². The summed E-state index contributed by atoms with van der Waals surface area (Å²) in [6, 6.07) is 0. The fourth-order valence-corrected chi connectivity index (χ4v) is 3.26. The van der Waals surface area contributed by atoms with Crippen molar-refractivity contribution in [2.75, 3.05) is 19.3 Å². The number of carbonyl (C=O) groups excluding carboxylic acids is 1. The summed E-state index contributed by atoms with van der Waals surface area (Å²) in [5.41, 5.74) is 0.287. The molecule has 1 aliphatic heterocycles. The summed E-state index contributed by atoms with van der Waals surface area (Å²) >= 11 is 0. The Kier molecular flexibility index (Phi) is 4.77. The molecule has 136 valence electrons. The highest BCUT2D eigenvalue weighted by Gasteiger charge is 2.29. The lowest BCUT2D eigenvalue weighted by Crippen LogP contribution is -2.41. The van der Waals surface area contributed by atoms with Gasteiger partial charge in [0.1, 0.15) is 16.9 Å². The smallest absolute Gasteiger partial charge is 0.410 e. The van der Waals surface area contributed by atoms with E-state index in [1.165, 1.54) is 0 Å². The van der Waals surface area contributed by atoms with Crippen LogP contribution in [0.1, 0.15) is 45.4 Å². The van der Waals surface area contributed by atoms with Crippen LogP contribution < -0.4 is 0 Å². The van der Waals surface area contributed by atoms with Crippen molar-refractivity contribution < 1.29 is 13.7 Å². The maximum atomic E-state index is 12.2. The number of carbonyl (C=O) groups is 1. The number of aromatic nitrogens is 4. The molecule has 8 nitrogen and oxygen atoms in total. The quantitative estimate of drug-likeness (QED) is 0.808. The molecule has 1 saturated heterocycles. The molecule has 0 radical (unpaired) electrons. The van der Waals surface area contributed by atoms with Crippen LogP contribution in [0.15, 0.2) is 17.6 Å². The average Bonchev–Trinajstić information content (AvgIpc) is 2.96. The lowest BCUT2D eigenvalue weighted by atomic mass is 9.96. The van der Waals surface area contributed by atoms with Crippen LogP contribution in [0.25, 0.3) is 5.52 Å². The minimum Gasteiger partial charge on any atom is -0.444 e. The second-order valence-electron chi connectivity index (χ2n) is 7.19. The monoisotopic (exact) mass is 365 g/mol. The zero-order valence-electron chi connectivity index (χ0n) is 14.9. The van der Waals surface area contributed by atoms with E-state index in [2.05, 4.69) is 15.1 Å². The van der Waals surface area contributed by atoms with Gasteiger partial charge in [0.15, 0.2) is 0 Å². The van der Waals surface area contributed by atoms with Crippen molar-refractivity contribution in [1.29, 1.82) is 0 Å². The van der Waals surface area contributed by atoms with Crippen LogP contribution in [0.5, 0.6) is 0 Å². The lowest BCUT2D eigenvalue weighted by molar-refractivity contribution is 0.0203. The Morgan fingerprint density at radius 2 is 1.88 bits per heavy atom. The molecule has 9 heteroatoms. The van der Waals surface area contributed by atoms with Crippen molar-refractivity contribution in [2.24, 2.45) is 0 Å². The number of amides is 1. The van der Waals surface area contributed by atoms with Crippen LogP contribution in [0.2, 0.25) is 0 Å². The summed E-state index contributed by atoms with van der Waals surface area (Å²) in [5, 5.41) is 4.64. The molecule has 2 aromatic rings. The summed E-state index contributed by atoms with van der Waals surface area (Å²) in [4.78, 5) is 22.5. The fraction of sp³-hybridized carbons (Fsp3) is 0.625. The molecular weight excluding hydrogens is 342 g/mol. The van der Waals surface area contributed by atoms with Crippen LogP contribution >= 0.6 is 0 Å². The number of ether oxygens (including phenoxy) is 1. The Morgan fingerprint density at radius 1 is 1.24 bits per heavy atom. The van der Waals surface area contributed by atoms with Gasteiger partial charge in [-0.25, -0.2) is 19.3 Å². The number of fused-ring (bicyclic) bond motifs is 1. The first-order chi connectivity index (χ1) is 11.7. The van der Waals surface area contributed by atoms with Gasteiger partial charge in [0.05, 0.1) is 23.2 Å². The number of likely N-dealkylation sites (tertiary alicyclic amines) is 1. The summed E-state index contributed by atoms with van der Waals surface area (Å²) in [6.07, 6.45) is 6.20. The van der Waals surface area contributed by atoms with Crippen molar-refractivity contribution in [2.45, 2.75) is 50.3 Å². The third-order valence-electron chi connectivity index (χ3n) is 4.05. The SMILES string of the molecule is CS(=O)c1ncc2cnc(C3CCN(C(=O)OC(C)(C)C)CC3)n2n1. The Labute approximate surface area is 149 Å². The molecule has 1 amide bonds. The fourth-order valence-electron chi connectivity index (χ4n) is 2.86. The van der Waals surface area contributed by atoms with Gasteiger partial charge in [0, 0.05) is 25.3 Å². The van der Waals surface area contributed by atoms with Gasteiger partial charge in [-0.1, -0.05) is 0 Å². The molecule has 1 fully saturated rings. The van der Waals surface area contributed by atoms with Gasteiger partial charge in [0.25, 0.3) is 0 Å². The maximum absolute atomic E-state index is 12.2. The first-order valence-corrected chi connectivity index (χ1v) is 9.82. The molecule has 1 unspecified atom stereocenters. The standard InChI is InChI=1S/C16H23N5O3S/c1-16(2,3)24-15(22)20-7-5-11(6-8-20)13-17-9-12-10-18-14(25(4)23)19-21(12)13/h9-11H,5-8H2,1-4H3. The van der Waals surface area contributed by atoms with Gasteiger partial charge in [0.2, 0.25) is 5.16 Å². The predicted molar refractivity (Wildman–Crippen MR) is 92.9 cm³/mol. The Hall–Kier alpha value is -2.03. The van der Waals surface area contributed by atoms with Crippen molar-refractivity contribution in [3.8, 4) is 0 Å². The largest absolute Gasteiger partial charge is 0.444 e. The summed E-state index contributed by atoms with van der Waals surface area (Å²) in [6.45, 7) is 6.83. The van der Waals surface area contributed by atoms with Crippen LogP contribution in [0.4, 0.5) is 4.79 Å². The molecule has 0 aliphatic carbocycles.